The van der Waals surface area contributed by atoms with Gasteiger partial charge in [0.2, 0.25) is 0 Å². The van der Waals surface area contributed by atoms with E-state index in [0.29, 0.717) is 0 Å². The van der Waals surface area contributed by atoms with Gasteiger partial charge in [0.05, 0.1) is 17.1 Å². The van der Waals surface area contributed by atoms with Crippen LogP contribution in [0.15, 0.2) is 41.5 Å². The molecule has 0 aliphatic heterocycles. The summed E-state index contributed by atoms with van der Waals surface area (Å²) in [4.78, 5) is 9.69. The number of hydrogen-bond donors (Lipinski definition) is 0. The minimum Gasteiger partial charge on any atom is -0.255 e. The lowest BCUT2D eigenvalue weighted by Gasteiger charge is -2.32. The van der Waals surface area contributed by atoms with Crippen molar-refractivity contribution in [3.63, 3.8) is 0 Å². The van der Waals surface area contributed by atoms with E-state index in [0.717, 1.165) is 29.9 Å². The van der Waals surface area contributed by atoms with Crippen LogP contribution in [0.25, 0.3) is 0 Å². The SMILES string of the molecule is Cc1cccc(C)c1N=C1c2ncccc2CCC1(C)C. The Labute approximate surface area is 127 Å². The number of aliphatic imine (C=N–C) groups is 1. The quantitative estimate of drug-likeness (QED) is 0.736. The van der Waals surface area contributed by atoms with Crippen molar-refractivity contribution in [3.8, 4) is 0 Å². The van der Waals surface area contributed by atoms with Gasteiger partial charge in [0.15, 0.2) is 0 Å². The second-order valence-corrected chi connectivity index (χ2v) is 6.60. The maximum atomic E-state index is 5.07. The molecule has 2 heteroatoms. The third kappa shape index (κ3) is 2.51. The third-order valence-corrected chi connectivity index (χ3v) is 4.44. The molecule has 0 fully saturated rings. The first-order chi connectivity index (χ1) is 9.99. The summed E-state index contributed by atoms with van der Waals surface area (Å²) in [6.45, 7) is 8.80. The number of benzene rings is 1. The van der Waals surface area contributed by atoms with E-state index in [-0.39, 0.29) is 5.41 Å². The van der Waals surface area contributed by atoms with Crippen LogP contribution in [0.2, 0.25) is 0 Å². The van der Waals surface area contributed by atoms with Gasteiger partial charge in [-0.25, -0.2) is 0 Å². The number of fused-ring (bicyclic) bond motifs is 1. The largest absolute Gasteiger partial charge is 0.255 e. The van der Waals surface area contributed by atoms with Gasteiger partial charge in [-0.1, -0.05) is 38.1 Å². The molecule has 1 aromatic carbocycles. The Hall–Kier alpha value is -1.96. The van der Waals surface area contributed by atoms with Crippen molar-refractivity contribution in [1.29, 1.82) is 0 Å². The summed E-state index contributed by atoms with van der Waals surface area (Å²) >= 11 is 0. The Morgan fingerprint density at radius 2 is 1.76 bits per heavy atom. The van der Waals surface area contributed by atoms with Crippen LogP contribution in [0.4, 0.5) is 5.69 Å². The summed E-state index contributed by atoms with van der Waals surface area (Å²) in [6, 6.07) is 10.5. The smallest absolute Gasteiger partial charge is 0.0882 e. The van der Waals surface area contributed by atoms with E-state index in [1.165, 1.54) is 16.7 Å². The van der Waals surface area contributed by atoms with Crippen molar-refractivity contribution in [2.45, 2.75) is 40.5 Å². The van der Waals surface area contributed by atoms with Crippen molar-refractivity contribution in [2.24, 2.45) is 10.4 Å². The van der Waals surface area contributed by atoms with Crippen molar-refractivity contribution in [2.75, 3.05) is 0 Å². The van der Waals surface area contributed by atoms with Gasteiger partial charge in [0, 0.05) is 11.6 Å². The molecule has 0 radical (unpaired) electrons. The molecule has 1 aliphatic rings. The number of para-hydroxylation sites is 1. The summed E-state index contributed by atoms with van der Waals surface area (Å²) in [5.41, 5.74) is 7.14. The maximum Gasteiger partial charge on any atom is 0.0882 e. The van der Waals surface area contributed by atoms with Crippen LogP contribution in [0, 0.1) is 19.3 Å². The number of aromatic nitrogens is 1. The van der Waals surface area contributed by atoms with Crippen LogP contribution < -0.4 is 0 Å². The summed E-state index contributed by atoms with van der Waals surface area (Å²) < 4.78 is 0. The Morgan fingerprint density at radius 3 is 2.48 bits per heavy atom. The van der Waals surface area contributed by atoms with E-state index in [1.807, 2.05) is 12.3 Å². The highest BCUT2D eigenvalue weighted by Crippen LogP contribution is 2.37. The Bertz CT molecular complexity index is 691. The van der Waals surface area contributed by atoms with Crippen LogP contribution in [0.5, 0.6) is 0 Å². The lowest BCUT2D eigenvalue weighted by atomic mass is 9.74. The zero-order valence-electron chi connectivity index (χ0n) is 13.3. The molecule has 1 aromatic heterocycles. The molecule has 0 saturated carbocycles. The minimum absolute atomic E-state index is 0.0656. The summed E-state index contributed by atoms with van der Waals surface area (Å²) in [5.74, 6) is 0. The van der Waals surface area contributed by atoms with Crippen molar-refractivity contribution < 1.29 is 0 Å². The Morgan fingerprint density at radius 1 is 1.05 bits per heavy atom. The molecule has 0 spiro atoms. The molecule has 2 nitrogen and oxygen atoms in total. The highest BCUT2D eigenvalue weighted by atomic mass is 14.8. The molecular weight excluding hydrogens is 256 g/mol. The molecule has 0 unspecified atom stereocenters. The summed E-state index contributed by atoms with van der Waals surface area (Å²) in [7, 11) is 0. The van der Waals surface area contributed by atoms with E-state index in [2.05, 4.69) is 56.9 Å². The first kappa shape index (κ1) is 14.0. The van der Waals surface area contributed by atoms with E-state index >= 15 is 0 Å². The predicted molar refractivity (Wildman–Crippen MR) is 88.5 cm³/mol. The normalized spacial score (nSPS) is 18.6. The highest BCUT2D eigenvalue weighted by Gasteiger charge is 2.33. The molecule has 108 valence electrons. The molecular formula is C19H22N2. The van der Waals surface area contributed by atoms with Crippen LogP contribution in [0.1, 0.15) is 42.7 Å². The van der Waals surface area contributed by atoms with Crippen LogP contribution in [-0.2, 0) is 6.42 Å². The van der Waals surface area contributed by atoms with Gasteiger partial charge in [-0.05, 0) is 49.4 Å². The fourth-order valence-corrected chi connectivity index (χ4v) is 3.04. The molecule has 1 aliphatic carbocycles. The fourth-order valence-electron chi connectivity index (χ4n) is 3.04. The van der Waals surface area contributed by atoms with Gasteiger partial charge in [-0.3, -0.25) is 9.98 Å². The Balaban J connectivity index is 2.22. The van der Waals surface area contributed by atoms with Gasteiger partial charge in [-0.2, -0.15) is 0 Å². The molecule has 0 N–H and O–H groups in total. The van der Waals surface area contributed by atoms with Gasteiger partial charge in [0.25, 0.3) is 0 Å². The van der Waals surface area contributed by atoms with E-state index in [4.69, 9.17) is 4.99 Å². The first-order valence-corrected chi connectivity index (χ1v) is 7.59. The molecule has 0 bridgehead atoms. The molecule has 0 amide bonds. The first-order valence-electron chi connectivity index (χ1n) is 7.59. The Kier molecular flexibility index (Phi) is 3.40. The number of aryl methyl sites for hydroxylation is 3. The number of nitrogens with zero attached hydrogens (tertiary/aromatic N) is 2. The van der Waals surface area contributed by atoms with Gasteiger partial charge in [0.1, 0.15) is 0 Å². The average Bonchev–Trinajstić information content (AvgIpc) is 2.45. The van der Waals surface area contributed by atoms with Gasteiger partial charge in [-0.15, -0.1) is 0 Å². The van der Waals surface area contributed by atoms with Crippen LogP contribution >= 0.6 is 0 Å². The molecule has 3 rings (SSSR count). The van der Waals surface area contributed by atoms with Crippen LogP contribution in [-0.4, -0.2) is 10.7 Å². The molecule has 21 heavy (non-hydrogen) atoms. The van der Waals surface area contributed by atoms with E-state index in [9.17, 15) is 0 Å². The van der Waals surface area contributed by atoms with Crippen molar-refractivity contribution >= 4 is 11.4 Å². The number of rotatable bonds is 1. The van der Waals surface area contributed by atoms with Gasteiger partial charge >= 0.3 is 0 Å². The maximum absolute atomic E-state index is 5.07. The highest BCUT2D eigenvalue weighted by molar-refractivity contribution is 6.06. The van der Waals surface area contributed by atoms with Crippen molar-refractivity contribution in [1.82, 2.24) is 4.98 Å². The summed E-state index contributed by atoms with van der Waals surface area (Å²) in [5, 5.41) is 0. The zero-order valence-corrected chi connectivity index (χ0v) is 13.3. The summed E-state index contributed by atoms with van der Waals surface area (Å²) in [6.07, 6.45) is 4.08. The number of pyridine rings is 1. The topological polar surface area (TPSA) is 25.2 Å². The lowest BCUT2D eigenvalue weighted by Crippen LogP contribution is -2.32. The standard InChI is InChI=1S/C19H22N2/c1-13-7-5-8-14(2)16(13)21-18-17-15(9-6-12-20-17)10-11-19(18,3)4/h5-9,12H,10-11H2,1-4H3. The monoisotopic (exact) mass is 278 g/mol. The van der Waals surface area contributed by atoms with Gasteiger partial charge < -0.3 is 0 Å². The second-order valence-electron chi connectivity index (χ2n) is 6.60. The predicted octanol–water partition coefficient (Wildman–Crippen LogP) is 4.79. The third-order valence-electron chi connectivity index (χ3n) is 4.44. The second kappa shape index (κ2) is 5.10. The van der Waals surface area contributed by atoms with E-state index in [1.54, 1.807) is 0 Å². The lowest BCUT2D eigenvalue weighted by molar-refractivity contribution is 0.463. The average molecular weight is 278 g/mol. The molecule has 1 heterocycles. The molecule has 0 atom stereocenters. The van der Waals surface area contributed by atoms with Crippen molar-refractivity contribution in [3.05, 3.63) is 58.9 Å². The van der Waals surface area contributed by atoms with Crippen LogP contribution in [0.3, 0.4) is 0 Å². The fraction of sp³-hybridized carbons (Fsp3) is 0.368. The van der Waals surface area contributed by atoms with E-state index < -0.39 is 0 Å². The molecule has 0 saturated heterocycles. The molecule has 2 aromatic rings. The number of hydrogen-bond acceptors (Lipinski definition) is 2. The zero-order chi connectivity index (χ0) is 15.0. The minimum atomic E-state index is 0.0656.